The van der Waals surface area contributed by atoms with Gasteiger partial charge in [-0.1, -0.05) is 23.7 Å². The second-order valence-corrected chi connectivity index (χ2v) is 6.16. The van der Waals surface area contributed by atoms with Crippen LogP contribution in [0.1, 0.15) is 16.7 Å². The predicted octanol–water partition coefficient (Wildman–Crippen LogP) is 3.80. The minimum absolute atomic E-state index is 0.156. The van der Waals surface area contributed by atoms with Gasteiger partial charge in [0.25, 0.3) is 0 Å². The van der Waals surface area contributed by atoms with Gasteiger partial charge >= 0.3 is 0 Å². The van der Waals surface area contributed by atoms with Gasteiger partial charge in [-0.2, -0.15) is 5.26 Å². The van der Waals surface area contributed by atoms with Crippen molar-refractivity contribution in [2.75, 3.05) is 0 Å². The first-order chi connectivity index (χ1) is 9.58. The molecule has 0 saturated heterocycles. The molecule has 0 aliphatic carbocycles. The molecule has 0 N–H and O–H groups in total. The molecule has 0 fully saturated rings. The topological polar surface area (TPSA) is 40.9 Å². The molecular formula is C15H11ClFNOS. The average Bonchev–Trinajstić information content (AvgIpc) is 2.41. The second-order valence-electron chi connectivity index (χ2n) is 4.27. The summed E-state index contributed by atoms with van der Waals surface area (Å²) in [6, 6.07) is 12.9. The highest BCUT2D eigenvalue weighted by Gasteiger charge is 2.09. The smallest absolute Gasteiger partial charge is 0.123 e. The van der Waals surface area contributed by atoms with Gasteiger partial charge in [0.1, 0.15) is 5.82 Å². The maximum atomic E-state index is 13.2. The van der Waals surface area contributed by atoms with Gasteiger partial charge in [0.2, 0.25) is 0 Å². The molecule has 0 bridgehead atoms. The molecule has 0 aromatic heterocycles. The van der Waals surface area contributed by atoms with Crippen molar-refractivity contribution in [3.8, 4) is 6.07 Å². The van der Waals surface area contributed by atoms with E-state index < -0.39 is 16.6 Å². The van der Waals surface area contributed by atoms with Crippen molar-refractivity contribution in [2.45, 2.75) is 11.5 Å². The van der Waals surface area contributed by atoms with Crippen LogP contribution < -0.4 is 0 Å². The number of rotatable bonds is 4. The van der Waals surface area contributed by atoms with Gasteiger partial charge in [0.05, 0.1) is 17.4 Å². The van der Waals surface area contributed by atoms with Crippen LogP contribution in [0, 0.1) is 17.1 Å². The molecule has 0 amide bonds. The van der Waals surface area contributed by atoms with E-state index in [0.29, 0.717) is 21.9 Å². The van der Waals surface area contributed by atoms with E-state index in [9.17, 15) is 8.60 Å². The van der Waals surface area contributed by atoms with Crippen LogP contribution in [0.25, 0.3) is 0 Å². The van der Waals surface area contributed by atoms with Crippen molar-refractivity contribution in [2.24, 2.45) is 0 Å². The Kier molecular flexibility index (Phi) is 4.89. The quantitative estimate of drug-likeness (QED) is 0.862. The molecule has 2 nitrogen and oxygen atoms in total. The number of nitriles is 1. The predicted molar refractivity (Wildman–Crippen MR) is 78.1 cm³/mol. The van der Waals surface area contributed by atoms with Crippen LogP contribution in [0.4, 0.5) is 4.39 Å². The number of hydrogen-bond donors (Lipinski definition) is 0. The fraction of sp³-hybridized carbons (Fsp3) is 0.133. The summed E-state index contributed by atoms with van der Waals surface area (Å²) in [7, 11) is -1.21. The first-order valence-electron chi connectivity index (χ1n) is 5.86. The van der Waals surface area contributed by atoms with E-state index in [1.807, 2.05) is 6.07 Å². The van der Waals surface area contributed by atoms with Crippen LogP contribution in [0.3, 0.4) is 0 Å². The Morgan fingerprint density at radius 3 is 2.50 bits per heavy atom. The molecule has 0 aliphatic heterocycles. The van der Waals surface area contributed by atoms with Crippen LogP contribution in [0.5, 0.6) is 0 Å². The van der Waals surface area contributed by atoms with Crippen molar-refractivity contribution in [1.82, 2.24) is 0 Å². The first kappa shape index (κ1) is 14.7. The molecule has 1 atom stereocenters. The fourth-order valence-corrected chi connectivity index (χ4v) is 3.16. The van der Waals surface area contributed by atoms with Crippen molar-refractivity contribution in [1.29, 1.82) is 5.26 Å². The van der Waals surface area contributed by atoms with E-state index in [1.54, 1.807) is 24.3 Å². The Morgan fingerprint density at radius 2 is 1.85 bits per heavy atom. The van der Waals surface area contributed by atoms with E-state index in [1.165, 1.54) is 18.2 Å². The Hall–Kier alpha value is -1.70. The minimum atomic E-state index is -1.21. The summed E-state index contributed by atoms with van der Waals surface area (Å²) in [5.41, 5.74) is 1.72. The van der Waals surface area contributed by atoms with Crippen LogP contribution in [-0.2, 0) is 22.3 Å². The Labute approximate surface area is 124 Å². The molecule has 20 heavy (non-hydrogen) atoms. The van der Waals surface area contributed by atoms with Gasteiger partial charge in [-0.3, -0.25) is 4.21 Å². The van der Waals surface area contributed by atoms with Gasteiger partial charge in [-0.15, -0.1) is 0 Å². The molecule has 0 heterocycles. The maximum Gasteiger partial charge on any atom is 0.123 e. The molecule has 5 heteroatoms. The lowest BCUT2D eigenvalue weighted by Crippen LogP contribution is -2.02. The Bertz CT molecular complexity index is 679. The van der Waals surface area contributed by atoms with Gasteiger partial charge in [0, 0.05) is 21.6 Å². The Morgan fingerprint density at radius 1 is 1.15 bits per heavy atom. The molecule has 0 aliphatic rings. The highest BCUT2D eigenvalue weighted by atomic mass is 35.5. The lowest BCUT2D eigenvalue weighted by Gasteiger charge is -2.05. The number of hydrogen-bond acceptors (Lipinski definition) is 2. The second kappa shape index (κ2) is 6.65. The van der Waals surface area contributed by atoms with E-state index in [0.717, 1.165) is 5.56 Å². The zero-order chi connectivity index (χ0) is 14.5. The minimum Gasteiger partial charge on any atom is -0.259 e. The third-order valence-electron chi connectivity index (χ3n) is 2.75. The van der Waals surface area contributed by atoms with Crippen LogP contribution in [0.15, 0.2) is 42.5 Å². The van der Waals surface area contributed by atoms with Crippen molar-refractivity contribution in [3.05, 3.63) is 70.0 Å². The van der Waals surface area contributed by atoms with E-state index >= 15 is 0 Å². The van der Waals surface area contributed by atoms with Crippen molar-refractivity contribution >= 4 is 22.4 Å². The summed E-state index contributed by atoms with van der Waals surface area (Å²) in [4.78, 5) is 0. The number of nitrogens with zero attached hydrogens (tertiary/aromatic N) is 1. The van der Waals surface area contributed by atoms with Crippen LogP contribution >= 0.6 is 11.6 Å². The molecule has 2 rings (SSSR count). The monoisotopic (exact) mass is 307 g/mol. The summed E-state index contributed by atoms with van der Waals surface area (Å²) >= 11 is 5.78. The largest absolute Gasteiger partial charge is 0.259 e. The van der Waals surface area contributed by atoms with Crippen LogP contribution in [0.2, 0.25) is 5.02 Å². The van der Waals surface area contributed by atoms with Gasteiger partial charge in [-0.25, -0.2) is 4.39 Å². The van der Waals surface area contributed by atoms with Crippen molar-refractivity contribution < 1.29 is 8.60 Å². The fourth-order valence-electron chi connectivity index (χ4n) is 1.78. The molecular weight excluding hydrogens is 297 g/mol. The summed E-state index contributed by atoms with van der Waals surface area (Å²) in [5.74, 6) is 0.0736. The lowest BCUT2D eigenvalue weighted by atomic mass is 10.1. The van der Waals surface area contributed by atoms with Gasteiger partial charge in [-0.05, 0) is 41.5 Å². The van der Waals surface area contributed by atoms with Crippen molar-refractivity contribution in [3.63, 3.8) is 0 Å². The third-order valence-corrected chi connectivity index (χ3v) is 4.29. The normalized spacial score (nSPS) is 11.8. The number of benzene rings is 2. The highest BCUT2D eigenvalue weighted by Crippen LogP contribution is 2.16. The lowest BCUT2D eigenvalue weighted by molar-refractivity contribution is 0.626. The Balaban J connectivity index is 2.10. The SMILES string of the molecule is N#Cc1ccc(F)cc1CS(=O)Cc1ccc(Cl)cc1. The molecule has 2 aromatic carbocycles. The average molecular weight is 308 g/mol. The molecule has 0 saturated carbocycles. The maximum absolute atomic E-state index is 13.2. The zero-order valence-corrected chi connectivity index (χ0v) is 12.0. The highest BCUT2D eigenvalue weighted by molar-refractivity contribution is 7.83. The summed E-state index contributed by atoms with van der Waals surface area (Å²) in [6.07, 6.45) is 0. The summed E-state index contributed by atoms with van der Waals surface area (Å²) < 4.78 is 25.3. The standard InChI is InChI=1S/C15H11ClFNOS/c16-14-4-1-11(2-5-14)9-20(19)10-13-7-15(17)6-3-12(13)8-18/h1-7H,9-10H2. The molecule has 102 valence electrons. The molecule has 1 unspecified atom stereocenters. The third kappa shape index (κ3) is 3.89. The van der Waals surface area contributed by atoms with Crippen LogP contribution in [-0.4, -0.2) is 4.21 Å². The van der Waals surface area contributed by atoms with Gasteiger partial charge in [0.15, 0.2) is 0 Å². The zero-order valence-electron chi connectivity index (χ0n) is 10.5. The summed E-state index contributed by atoms with van der Waals surface area (Å²) in [6.45, 7) is 0. The molecule has 0 radical (unpaired) electrons. The summed E-state index contributed by atoms with van der Waals surface area (Å²) in [5, 5.41) is 9.58. The van der Waals surface area contributed by atoms with E-state index in [-0.39, 0.29) is 5.75 Å². The molecule has 2 aromatic rings. The molecule has 0 spiro atoms. The van der Waals surface area contributed by atoms with E-state index in [2.05, 4.69) is 0 Å². The van der Waals surface area contributed by atoms with Gasteiger partial charge < -0.3 is 0 Å². The number of halogens is 2. The first-order valence-corrected chi connectivity index (χ1v) is 7.73. The van der Waals surface area contributed by atoms with E-state index in [4.69, 9.17) is 16.9 Å².